The van der Waals surface area contributed by atoms with Crippen LogP contribution in [-0.2, 0) is 6.18 Å². The van der Waals surface area contributed by atoms with Crippen molar-refractivity contribution in [3.63, 3.8) is 0 Å². The predicted molar refractivity (Wildman–Crippen MR) is 141 cm³/mol. The summed E-state index contributed by atoms with van der Waals surface area (Å²) in [6.45, 7) is 5.01. The molecule has 2 aliphatic rings. The molecular formula is C29H30ClF5N2O2. The fourth-order valence-electron chi connectivity index (χ4n) is 5.14. The van der Waals surface area contributed by atoms with Gasteiger partial charge in [-0.2, -0.15) is 13.2 Å². The molecule has 39 heavy (non-hydrogen) atoms. The number of likely N-dealkylation sites (N-methyl/N-ethyl adjacent to an activating group) is 1. The predicted octanol–water partition coefficient (Wildman–Crippen LogP) is 7.31. The van der Waals surface area contributed by atoms with Crippen LogP contribution in [0.5, 0.6) is 0 Å². The topological polar surface area (TPSA) is 52.6 Å². The van der Waals surface area contributed by atoms with Gasteiger partial charge >= 0.3 is 6.18 Å². The lowest BCUT2D eigenvalue weighted by Gasteiger charge is -2.42. The normalized spacial score (nSPS) is 19.4. The van der Waals surface area contributed by atoms with Gasteiger partial charge in [0.05, 0.1) is 27.8 Å². The quantitative estimate of drug-likeness (QED) is 0.359. The van der Waals surface area contributed by atoms with E-state index in [0.29, 0.717) is 5.56 Å². The number of halogens is 6. The lowest BCUT2D eigenvalue weighted by Crippen LogP contribution is -2.50. The summed E-state index contributed by atoms with van der Waals surface area (Å²) >= 11 is 6.07. The number of aryl methyl sites for hydroxylation is 1. The Morgan fingerprint density at radius 3 is 2.49 bits per heavy atom. The number of rotatable bonds is 6. The minimum atomic E-state index is -4.78. The average molecular weight is 569 g/mol. The summed E-state index contributed by atoms with van der Waals surface area (Å²) in [5.41, 5.74) is -0.993. The minimum absolute atomic E-state index is 0.206. The van der Waals surface area contributed by atoms with E-state index in [-0.39, 0.29) is 24.0 Å². The molecule has 0 spiro atoms. The van der Waals surface area contributed by atoms with Gasteiger partial charge in [0.25, 0.3) is 5.91 Å². The van der Waals surface area contributed by atoms with Gasteiger partial charge in [-0.15, -0.1) is 0 Å². The Morgan fingerprint density at radius 1 is 1.15 bits per heavy atom. The molecule has 2 N–H and O–H groups in total. The van der Waals surface area contributed by atoms with Crippen molar-refractivity contribution in [1.29, 1.82) is 0 Å². The first-order valence-corrected chi connectivity index (χ1v) is 13.1. The van der Waals surface area contributed by atoms with Gasteiger partial charge in [0.15, 0.2) is 0 Å². The molecule has 2 aromatic rings. The maximum absolute atomic E-state index is 14.0. The van der Waals surface area contributed by atoms with Crippen molar-refractivity contribution in [3.8, 4) is 0 Å². The van der Waals surface area contributed by atoms with E-state index in [1.807, 2.05) is 31.3 Å². The Kier molecular flexibility index (Phi) is 8.15. The van der Waals surface area contributed by atoms with Crippen molar-refractivity contribution >= 4 is 23.1 Å². The van der Waals surface area contributed by atoms with Crippen molar-refractivity contribution in [2.24, 2.45) is 0 Å². The summed E-state index contributed by atoms with van der Waals surface area (Å²) in [7, 11) is 0. The molecule has 10 heteroatoms. The monoisotopic (exact) mass is 568 g/mol. The van der Waals surface area contributed by atoms with Crippen LogP contribution in [0.1, 0.15) is 71.3 Å². The van der Waals surface area contributed by atoms with Crippen LogP contribution >= 0.6 is 11.6 Å². The molecular weight excluding hydrogens is 539 g/mol. The van der Waals surface area contributed by atoms with E-state index in [1.165, 1.54) is 6.92 Å². The molecule has 4 nitrogen and oxygen atoms in total. The van der Waals surface area contributed by atoms with Crippen LogP contribution in [0.25, 0.3) is 5.57 Å². The SMILES string of the molecule is CCN1C=C(c2cccc(C(NC(=O)c3c(C)ccc(C(F)(F)F)c3Cl)C3(O)CCC(F)(F)CC3)c2)C=CC1. The van der Waals surface area contributed by atoms with Gasteiger partial charge in [0, 0.05) is 32.1 Å². The van der Waals surface area contributed by atoms with E-state index < -0.39 is 53.1 Å². The van der Waals surface area contributed by atoms with Crippen LogP contribution < -0.4 is 5.32 Å². The zero-order chi connectivity index (χ0) is 28.6. The molecule has 0 saturated heterocycles. The number of alkyl halides is 5. The van der Waals surface area contributed by atoms with E-state index in [1.54, 1.807) is 18.2 Å². The summed E-state index contributed by atoms with van der Waals surface area (Å²) in [6.07, 6.45) is -0.646. The smallest absolute Gasteiger partial charge is 0.387 e. The first-order valence-electron chi connectivity index (χ1n) is 12.7. The lowest BCUT2D eigenvalue weighted by atomic mass is 9.75. The van der Waals surface area contributed by atoms with Gasteiger partial charge in [-0.3, -0.25) is 4.79 Å². The highest BCUT2D eigenvalue weighted by atomic mass is 35.5. The summed E-state index contributed by atoms with van der Waals surface area (Å²) < 4.78 is 68.6. The minimum Gasteiger partial charge on any atom is -0.387 e. The Hall–Kier alpha value is -2.91. The van der Waals surface area contributed by atoms with Gasteiger partial charge < -0.3 is 15.3 Å². The molecule has 0 radical (unpaired) electrons. The molecule has 1 heterocycles. The summed E-state index contributed by atoms with van der Waals surface area (Å²) in [6, 6.07) is 7.77. The van der Waals surface area contributed by atoms with Gasteiger partial charge in [-0.25, -0.2) is 8.78 Å². The zero-order valence-electron chi connectivity index (χ0n) is 21.6. The maximum atomic E-state index is 14.0. The summed E-state index contributed by atoms with van der Waals surface area (Å²) in [4.78, 5) is 15.6. The van der Waals surface area contributed by atoms with E-state index in [4.69, 9.17) is 11.6 Å². The second kappa shape index (κ2) is 10.9. The van der Waals surface area contributed by atoms with Crippen molar-refractivity contribution < 1.29 is 31.9 Å². The molecule has 2 aromatic carbocycles. The third kappa shape index (κ3) is 6.30. The largest absolute Gasteiger partial charge is 0.417 e. The Balaban J connectivity index is 1.76. The fraction of sp³-hybridized carbons (Fsp3) is 0.414. The number of hydrogen-bond donors (Lipinski definition) is 2. The molecule has 4 rings (SSSR count). The van der Waals surface area contributed by atoms with Crippen molar-refractivity contribution in [2.45, 2.75) is 63.3 Å². The number of aliphatic hydroxyl groups is 1. The summed E-state index contributed by atoms with van der Waals surface area (Å²) in [5, 5.41) is 13.5. The Bertz CT molecular complexity index is 1300. The molecule has 1 aliphatic heterocycles. The number of nitrogens with one attached hydrogen (secondary N) is 1. The zero-order valence-corrected chi connectivity index (χ0v) is 22.3. The van der Waals surface area contributed by atoms with Crippen molar-refractivity contribution in [3.05, 3.63) is 87.6 Å². The van der Waals surface area contributed by atoms with Crippen LogP contribution in [0.3, 0.4) is 0 Å². The molecule has 1 fully saturated rings. The van der Waals surface area contributed by atoms with Crippen LogP contribution in [-0.4, -0.2) is 40.5 Å². The summed E-state index contributed by atoms with van der Waals surface area (Å²) in [5.74, 6) is -3.89. The van der Waals surface area contributed by atoms with Crippen LogP contribution in [0.4, 0.5) is 22.0 Å². The number of carbonyl (C=O) groups is 1. The molecule has 1 aliphatic carbocycles. The van der Waals surface area contributed by atoms with Gasteiger partial charge in [-0.05, 0) is 61.1 Å². The highest BCUT2D eigenvalue weighted by Gasteiger charge is 2.48. The first kappa shape index (κ1) is 29.1. The van der Waals surface area contributed by atoms with Crippen molar-refractivity contribution in [1.82, 2.24) is 10.2 Å². The van der Waals surface area contributed by atoms with E-state index in [9.17, 15) is 31.9 Å². The van der Waals surface area contributed by atoms with Crippen LogP contribution in [0, 0.1) is 6.92 Å². The molecule has 1 atom stereocenters. The number of amides is 1. The standard InChI is InChI=1S/C29H30ClF5N2O2/c1-3-37-15-5-8-21(17-37)19-6-4-7-20(16-19)25(27(39)11-13-28(31,32)14-12-27)36-26(38)23-18(2)9-10-22(24(23)30)29(33,34)35/h4-10,16-17,25,39H,3,11-15H2,1-2H3,(H,36,38). The molecule has 1 amide bonds. The third-order valence-corrected chi connectivity index (χ3v) is 7.85. The fourth-order valence-corrected chi connectivity index (χ4v) is 5.54. The molecule has 1 saturated carbocycles. The first-order chi connectivity index (χ1) is 18.2. The number of benzene rings is 2. The van der Waals surface area contributed by atoms with Gasteiger partial charge in [0.1, 0.15) is 0 Å². The molecule has 0 bridgehead atoms. The second-order valence-corrected chi connectivity index (χ2v) is 10.6. The highest BCUT2D eigenvalue weighted by Crippen LogP contribution is 2.45. The van der Waals surface area contributed by atoms with E-state index >= 15 is 0 Å². The number of allylic oxidation sites excluding steroid dienone is 2. The van der Waals surface area contributed by atoms with Gasteiger partial charge in [-0.1, -0.05) is 48.0 Å². The van der Waals surface area contributed by atoms with E-state index in [2.05, 4.69) is 10.2 Å². The second-order valence-electron chi connectivity index (χ2n) is 10.2. The number of nitrogens with zero attached hydrogens (tertiary/aromatic N) is 1. The number of hydrogen-bond acceptors (Lipinski definition) is 3. The third-order valence-electron chi connectivity index (χ3n) is 7.46. The lowest BCUT2D eigenvalue weighted by molar-refractivity contribution is -0.137. The van der Waals surface area contributed by atoms with E-state index in [0.717, 1.165) is 36.4 Å². The Labute approximate surface area is 229 Å². The molecule has 1 unspecified atom stereocenters. The maximum Gasteiger partial charge on any atom is 0.417 e. The van der Waals surface area contributed by atoms with Gasteiger partial charge in [0.2, 0.25) is 5.92 Å². The number of carbonyl (C=O) groups excluding carboxylic acids is 1. The molecule has 210 valence electrons. The van der Waals surface area contributed by atoms with Crippen LogP contribution in [0.15, 0.2) is 54.8 Å². The Morgan fingerprint density at radius 2 is 1.85 bits per heavy atom. The average Bonchev–Trinajstić information content (AvgIpc) is 2.88. The molecule has 0 aromatic heterocycles. The van der Waals surface area contributed by atoms with Crippen LogP contribution in [0.2, 0.25) is 5.02 Å². The van der Waals surface area contributed by atoms with Crippen molar-refractivity contribution in [2.75, 3.05) is 13.1 Å². The highest BCUT2D eigenvalue weighted by molar-refractivity contribution is 6.35.